The molecule has 2 aromatic rings. The van der Waals surface area contributed by atoms with Crippen LogP contribution in [0.1, 0.15) is 28.9 Å². The third-order valence-electron chi connectivity index (χ3n) is 3.64. The summed E-state index contributed by atoms with van der Waals surface area (Å²) in [5.74, 6) is 5.56. The normalized spacial score (nSPS) is 14.2. The lowest BCUT2D eigenvalue weighted by atomic mass is 10.1. The zero-order valence-corrected chi connectivity index (χ0v) is 11.6. The molecule has 6 heteroatoms. The fraction of sp³-hybridized carbons (Fsp3) is 0.267. The van der Waals surface area contributed by atoms with Crippen molar-refractivity contribution in [3.63, 3.8) is 0 Å². The van der Waals surface area contributed by atoms with Crippen LogP contribution in [-0.4, -0.2) is 22.6 Å². The lowest BCUT2D eigenvalue weighted by molar-refractivity contribution is 0.0981. The van der Waals surface area contributed by atoms with Gasteiger partial charge in [-0.2, -0.15) is 0 Å². The zero-order valence-electron chi connectivity index (χ0n) is 11.6. The van der Waals surface area contributed by atoms with E-state index >= 15 is 0 Å². The van der Waals surface area contributed by atoms with Gasteiger partial charge in [0, 0.05) is 12.2 Å². The number of aryl methyl sites for hydroxylation is 1. The molecule has 3 rings (SSSR count). The minimum absolute atomic E-state index is 0.125. The van der Waals surface area contributed by atoms with Crippen molar-refractivity contribution in [2.24, 2.45) is 5.84 Å². The number of benzene rings is 1. The number of nitrogens with one attached hydrogen (secondary N) is 1. The van der Waals surface area contributed by atoms with Crippen LogP contribution in [0.25, 0.3) is 0 Å². The highest BCUT2D eigenvalue weighted by Crippen LogP contribution is 2.27. The molecule has 0 unspecified atom stereocenters. The number of nitrogen functional groups attached to an aromatic ring is 1. The van der Waals surface area contributed by atoms with Gasteiger partial charge in [0.15, 0.2) is 11.5 Å². The summed E-state index contributed by atoms with van der Waals surface area (Å²) in [7, 11) is 0. The van der Waals surface area contributed by atoms with Crippen LogP contribution in [0.4, 0.5) is 11.5 Å². The predicted octanol–water partition coefficient (Wildman–Crippen LogP) is 1.75. The average Bonchev–Trinajstić information content (AvgIpc) is 2.77. The first-order chi connectivity index (χ1) is 10.3. The van der Waals surface area contributed by atoms with E-state index in [0.717, 1.165) is 24.9 Å². The van der Waals surface area contributed by atoms with Gasteiger partial charge in [-0.1, -0.05) is 18.2 Å². The fourth-order valence-corrected chi connectivity index (χ4v) is 2.56. The zero-order chi connectivity index (χ0) is 14.7. The first-order valence-corrected chi connectivity index (χ1v) is 7.00. The third kappa shape index (κ3) is 2.71. The lowest BCUT2D eigenvalue weighted by Crippen LogP contribution is -2.32. The summed E-state index contributed by atoms with van der Waals surface area (Å²) in [6.45, 7) is 0.703. The highest BCUT2D eigenvalue weighted by atomic mass is 16.2. The lowest BCUT2D eigenvalue weighted by Gasteiger charge is -2.22. The van der Waals surface area contributed by atoms with E-state index in [0.29, 0.717) is 18.1 Å². The summed E-state index contributed by atoms with van der Waals surface area (Å²) in [5.41, 5.74) is 4.90. The van der Waals surface area contributed by atoms with E-state index in [2.05, 4.69) is 21.7 Å². The number of aromatic nitrogens is 2. The molecule has 0 radical (unpaired) electrons. The maximum atomic E-state index is 12.7. The third-order valence-corrected chi connectivity index (χ3v) is 3.64. The number of hydrazine groups is 1. The van der Waals surface area contributed by atoms with E-state index in [-0.39, 0.29) is 5.91 Å². The van der Waals surface area contributed by atoms with Gasteiger partial charge in [-0.15, -0.1) is 10.2 Å². The van der Waals surface area contributed by atoms with Gasteiger partial charge in [0.05, 0.1) is 0 Å². The number of amides is 1. The van der Waals surface area contributed by atoms with Gasteiger partial charge in [0.25, 0.3) is 5.91 Å². The standard InChI is InChI=1S/C15H17N5O/c16-17-14-9-8-12(18-19-14)15(21)20-10-4-3-6-11-5-1-2-7-13(11)20/h1-2,5,7-9H,3-4,6,10,16H2,(H,17,19). The molecule has 1 aromatic heterocycles. The Hall–Kier alpha value is -2.47. The summed E-state index contributed by atoms with van der Waals surface area (Å²) in [4.78, 5) is 14.5. The Labute approximate surface area is 122 Å². The van der Waals surface area contributed by atoms with Gasteiger partial charge in [-0.3, -0.25) is 4.79 Å². The van der Waals surface area contributed by atoms with E-state index < -0.39 is 0 Å². The molecule has 2 heterocycles. The van der Waals surface area contributed by atoms with Crippen LogP contribution >= 0.6 is 0 Å². The van der Waals surface area contributed by atoms with Crippen molar-refractivity contribution in [1.29, 1.82) is 0 Å². The summed E-state index contributed by atoms with van der Waals surface area (Å²) in [5, 5.41) is 7.80. The number of rotatable bonds is 2. The molecule has 1 aromatic carbocycles. The Kier molecular flexibility index (Phi) is 3.79. The first-order valence-electron chi connectivity index (χ1n) is 7.00. The number of nitrogens with two attached hydrogens (primary N) is 1. The Morgan fingerprint density at radius 3 is 2.76 bits per heavy atom. The van der Waals surface area contributed by atoms with Crippen molar-refractivity contribution in [2.75, 3.05) is 16.9 Å². The molecule has 0 spiro atoms. The van der Waals surface area contributed by atoms with Crippen molar-refractivity contribution < 1.29 is 4.79 Å². The molecule has 21 heavy (non-hydrogen) atoms. The minimum Gasteiger partial charge on any atom is -0.307 e. The van der Waals surface area contributed by atoms with Gasteiger partial charge < -0.3 is 10.3 Å². The minimum atomic E-state index is -0.125. The molecular weight excluding hydrogens is 266 g/mol. The van der Waals surface area contributed by atoms with Crippen molar-refractivity contribution in [2.45, 2.75) is 19.3 Å². The average molecular weight is 283 g/mol. The van der Waals surface area contributed by atoms with E-state index in [1.807, 2.05) is 18.2 Å². The molecule has 0 bridgehead atoms. The number of carbonyl (C=O) groups is 1. The van der Waals surface area contributed by atoms with Crippen LogP contribution in [0.2, 0.25) is 0 Å². The van der Waals surface area contributed by atoms with Gasteiger partial charge >= 0.3 is 0 Å². The molecule has 6 nitrogen and oxygen atoms in total. The summed E-state index contributed by atoms with van der Waals surface area (Å²) in [6, 6.07) is 11.3. The summed E-state index contributed by atoms with van der Waals surface area (Å²) < 4.78 is 0. The largest absolute Gasteiger partial charge is 0.307 e. The molecule has 1 aliphatic rings. The molecule has 0 atom stereocenters. The van der Waals surface area contributed by atoms with Crippen molar-refractivity contribution in [1.82, 2.24) is 10.2 Å². The Bertz CT molecular complexity index is 641. The van der Waals surface area contributed by atoms with Crippen LogP contribution in [0.3, 0.4) is 0 Å². The smallest absolute Gasteiger partial charge is 0.278 e. The summed E-state index contributed by atoms with van der Waals surface area (Å²) >= 11 is 0. The van der Waals surface area contributed by atoms with E-state index in [9.17, 15) is 4.79 Å². The highest BCUT2D eigenvalue weighted by molar-refractivity contribution is 6.05. The number of anilines is 2. The molecule has 108 valence electrons. The maximum absolute atomic E-state index is 12.7. The molecule has 3 N–H and O–H groups in total. The van der Waals surface area contributed by atoms with Crippen LogP contribution in [0.5, 0.6) is 0 Å². The number of fused-ring (bicyclic) bond motifs is 1. The number of para-hydroxylation sites is 1. The molecule has 0 aliphatic carbocycles. The van der Waals surface area contributed by atoms with Crippen molar-refractivity contribution in [3.05, 3.63) is 47.7 Å². The van der Waals surface area contributed by atoms with Crippen LogP contribution in [0, 0.1) is 0 Å². The Balaban J connectivity index is 1.93. The second-order valence-corrected chi connectivity index (χ2v) is 4.99. The fourth-order valence-electron chi connectivity index (χ4n) is 2.56. The van der Waals surface area contributed by atoms with E-state index in [1.165, 1.54) is 5.56 Å². The molecule has 0 fully saturated rings. The maximum Gasteiger partial charge on any atom is 0.278 e. The van der Waals surface area contributed by atoms with Crippen LogP contribution in [0.15, 0.2) is 36.4 Å². The Morgan fingerprint density at radius 1 is 1.14 bits per heavy atom. The van der Waals surface area contributed by atoms with Crippen LogP contribution < -0.4 is 16.2 Å². The molecular formula is C15H17N5O. The second kappa shape index (κ2) is 5.88. The van der Waals surface area contributed by atoms with Crippen molar-refractivity contribution >= 4 is 17.4 Å². The number of hydrogen-bond acceptors (Lipinski definition) is 5. The molecule has 0 saturated carbocycles. The van der Waals surface area contributed by atoms with Crippen LogP contribution in [-0.2, 0) is 6.42 Å². The number of nitrogens with zero attached hydrogens (tertiary/aromatic N) is 3. The number of hydrogen-bond donors (Lipinski definition) is 2. The predicted molar refractivity (Wildman–Crippen MR) is 80.9 cm³/mol. The van der Waals surface area contributed by atoms with Crippen molar-refractivity contribution in [3.8, 4) is 0 Å². The monoisotopic (exact) mass is 283 g/mol. The number of carbonyl (C=O) groups excluding carboxylic acids is 1. The quantitative estimate of drug-likeness (QED) is 0.648. The second-order valence-electron chi connectivity index (χ2n) is 4.99. The first kappa shape index (κ1) is 13.5. The van der Waals surface area contributed by atoms with Gasteiger partial charge in [-0.05, 0) is 43.0 Å². The molecule has 0 saturated heterocycles. The SMILES string of the molecule is NNc1ccc(C(=O)N2CCCCc3ccccc32)nn1. The highest BCUT2D eigenvalue weighted by Gasteiger charge is 2.23. The van der Waals surface area contributed by atoms with E-state index in [4.69, 9.17) is 5.84 Å². The van der Waals surface area contributed by atoms with E-state index in [1.54, 1.807) is 17.0 Å². The topological polar surface area (TPSA) is 84.1 Å². The molecule has 1 amide bonds. The van der Waals surface area contributed by atoms with Gasteiger partial charge in [0.2, 0.25) is 0 Å². The molecule has 1 aliphatic heterocycles. The van der Waals surface area contributed by atoms with Gasteiger partial charge in [0.1, 0.15) is 0 Å². The Morgan fingerprint density at radius 2 is 2.00 bits per heavy atom. The summed E-state index contributed by atoms with van der Waals surface area (Å²) in [6.07, 6.45) is 3.07. The van der Waals surface area contributed by atoms with Gasteiger partial charge in [-0.25, -0.2) is 5.84 Å².